The molecule has 8 nitrogen and oxygen atoms in total. The maximum atomic E-state index is 12.6. The lowest BCUT2D eigenvalue weighted by molar-refractivity contribution is -0.137. The molecule has 0 radical (unpaired) electrons. The number of carboxylic acids is 1. The lowest BCUT2D eigenvalue weighted by atomic mass is 10.1. The van der Waals surface area contributed by atoms with Crippen molar-refractivity contribution in [3.8, 4) is 0 Å². The number of H-pyrrole nitrogens is 1. The van der Waals surface area contributed by atoms with Crippen molar-refractivity contribution in [1.82, 2.24) is 9.97 Å². The van der Waals surface area contributed by atoms with Gasteiger partial charge >= 0.3 is 5.97 Å². The second-order valence-corrected chi connectivity index (χ2v) is 9.19. The zero-order valence-corrected chi connectivity index (χ0v) is 19.3. The number of benzene rings is 1. The second-order valence-electron chi connectivity index (χ2n) is 9.19. The number of nitrogens with zero attached hydrogens (tertiary/aromatic N) is 3. The summed E-state index contributed by atoms with van der Waals surface area (Å²) in [5, 5.41) is 12.8. The van der Waals surface area contributed by atoms with Gasteiger partial charge in [0.15, 0.2) is 11.2 Å². The zero-order chi connectivity index (χ0) is 23.4. The number of hydrogen-bond donors (Lipinski definition) is 3. The van der Waals surface area contributed by atoms with Crippen molar-refractivity contribution in [3.63, 3.8) is 0 Å². The number of carboxylic acid groups (broad SMARTS) is 1. The van der Waals surface area contributed by atoms with E-state index in [1.165, 1.54) is 25.7 Å². The fraction of sp³-hybridized carbons (Fsp3) is 0.520. The molecule has 33 heavy (non-hydrogen) atoms. The van der Waals surface area contributed by atoms with Gasteiger partial charge in [-0.3, -0.25) is 9.59 Å². The molecule has 2 heterocycles. The van der Waals surface area contributed by atoms with Crippen LogP contribution in [0, 0.1) is 12.8 Å². The fourth-order valence-corrected chi connectivity index (χ4v) is 4.80. The quantitative estimate of drug-likeness (QED) is 0.477. The number of nitrogens with one attached hydrogen (secondary N) is 2. The van der Waals surface area contributed by atoms with E-state index in [1.54, 1.807) is 0 Å². The average Bonchev–Trinajstić information content (AvgIpc) is 3.28. The highest BCUT2D eigenvalue weighted by Gasteiger charge is 2.24. The number of aromatic nitrogens is 2. The number of unbranched alkanes of at least 4 members (excludes halogenated alkanes) is 3. The summed E-state index contributed by atoms with van der Waals surface area (Å²) in [7, 11) is 0. The molecule has 3 N–H and O–H groups in total. The first kappa shape index (κ1) is 23.0. The third-order valence-electron chi connectivity index (χ3n) is 6.60. The number of hydrogen-bond acceptors (Lipinski definition) is 6. The van der Waals surface area contributed by atoms with Gasteiger partial charge in [0.2, 0.25) is 0 Å². The topological polar surface area (TPSA) is 111 Å². The minimum absolute atomic E-state index is 0.200. The summed E-state index contributed by atoms with van der Waals surface area (Å²) in [5.74, 6) is 0.504. The van der Waals surface area contributed by atoms with Crippen molar-refractivity contribution >= 4 is 35.4 Å². The SMILES string of the molecule is C=c1nc2c(c(=O)[nH]1)=Nc1cc(C)c(NCC3CCCC3)cc1N2CCCCCCC(=O)O. The summed E-state index contributed by atoms with van der Waals surface area (Å²) in [6, 6.07) is 4.16. The normalized spacial score (nSPS) is 15.1. The molecule has 1 aliphatic heterocycles. The highest BCUT2D eigenvalue weighted by atomic mass is 16.4. The molecule has 0 saturated heterocycles. The Bertz CT molecular complexity index is 1180. The van der Waals surface area contributed by atoms with E-state index in [9.17, 15) is 9.59 Å². The van der Waals surface area contributed by atoms with Crippen molar-refractivity contribution in [2.24, 2.45) is 10.9 Å². The molecule has 0 bridgehead atoms. The van der Waals surface area contributed by atoms with Crippen molar-refractivity contribution in [2.45, 2.75) is 64.7 Å². The van der Waals surface area contributed by atoms with Gasteiger partial charge in [-0.2, -0.15) is 0 Å². The van der Waals surface area contributed by atoms with Crippen LogP contribution in [0.4, 0.5) is 22.9 Å². The number of anilines is 3. The second kappa shape index (κ2) is 10.2. The van der Waals surface area contributed by atoms with Gasteiger partial charge in [0.1, 0.15) is 5.48 Å². The Labute approximate surface area is 193 Å². The molecule has 1 aliphatic carbocycles. The molecule has 0 amide bonds. The number of fused-ring (bicyclic) bond motifs is 2. The molecule has 0 spiro atoms. The highest BCUT2D eigenvalue weighted by molar-refractivity contribution is 5.80. The van der Waals surface area contributed by atoms with E-state index in [0.717, 1.165) is 54.4 Å². The van der Waals surface area contributed by atoms with Crippen molar-refractivity contribution in [1.29, 1.82) is 0 Å². The molecule has 1 saturated carbocycles. The van der Waals surface area contributed by atoms with E-state index >= 15 is 0 Å². The lowest BCUT2D eigenvalue weighted by Crippen LogP contribution is -2.42. The van der Waals surface area contributed by atoms with E-state index in [-0.39, 0.29) is 12.0 Å². The molecule has 1 aromatic heterocycles. The maximum Gasteiger partial charge on any atom is 0.303 e. The van der Waals surface area contributed by atoms with Crippen molar-refractivity contribution < 1.29 is 9.90 Å². The van der Waals surface area contributed by atoms with Crippen LogP contribution in [-0.4, -0.2) is 34.1 Å². The molecule has 0 unspecified atom stereocenters. The minimum atomic E-state index is -0.755. The maximum absolute atomic E-state index is 12.6. The van der Waals surface area contributed by atoms with Crippen LogP contribution in [0.5, 0.6) is 0 Å². The number of carbonyl (C=O) groups is 1. The Hall–Kier alpha value is -3.16. The van der Waals surface area contributed by atoms with Crippen LogP contribution in [0.1, 0.15) is 63.4 Å². The van der Waals surface area contributed by atoms with E-state index in [4.69, 9.17) is 5.11 Å². The summed E-state index contributed by atoms with van der Waals surface area (Å²) in [5.41, 5.74) is 3.92. The minimum Gasteiger partial charge on any atom is -0.481 e. The molecule has 1 aromatic carbocycles. The van der Waals surface area contributed by atoms with E-state index in [0.29, 0.717) is 29.6 Å². The predicted octanol–water partition coefficient (Wildman–Crippen LogP) is 3.53. The average molecular weight is 452 g/mol. The molecule has 4 rings (SSSR count). The first-order chi connectivity index (χ1) is 15.9. The lowest BCUT2D eigenvalue weighted by Gasteiger charge is -2.29. The summed E-state index contributed by atoms with van der Waals surface area (Å²) in [4.78, 5) is 37.2. The third kappa shape index (κ3) is 5.43. The first-order valence-corrected chi connectivity index (χ1v) is 12.0. The molecule has 2 aliphatic rings. The largest absolute Gasteiger partial charge is 0.481 e. The van der Waals surface area contributed by atoms with E-state index < -0.39 is 5.97 Å². The smallest absolute Gasteiger partial charge is 0.303 e. The molecule has 0 atom stereocenters. The van der Waals surface area contributed by atoms with Crippen LogP contribution in [0.15, 0.2) is 21.9 Å². The monoisotopic (exact) mass is 451 g/mol. The molecule has 8 heteroatoms. The molecule has 1 fully saturated rings. The van der Waals surface area contributed by atoms with Crippen molar-refractivity contribution in [2.75, 3.05) is 23.3 Å². The molecule has 2 aromatic rings. The van der Waals surface area contributed by atoms with E-state index in [1.807, 2.05) is 6.07 Å². The Kier molecular flexibility index (Phi) is 7.11. The number of aliphatic carboxylic acids is 1. The molecular weight excluding hydrogens is 418 g/mol. The van der Waals surface area contributed by atoms with Gasteiger partial charge in [0.05, 0.1) is 11.4 Å². The standard InChI is InChI=1S/C25H33N5O3/c1-16-13-20-21(14-19(16)26-15-18-9-6-7-10-18)30(12-8-4-3-5-11-22(31)32)24-23(29-20)25(33)28-17(2)27-24/h13-14,18,26H,2-12,15H2,1H3,(H,28,33)(H,31,32). The number of aryl methyl sites for hydroxylation is 1. The highest BCUT2D eigenvalue weighted by Crippen LogP contribution is 2.39. The summed E-state index contributed by atoms with van der Waals surface area (Å²) >= 11 is 0. The van der Waals surface area contributed by atoms with Crippen LogP contribution in [-0.2, 0) is 4.79 Å². The molecular formula is C25H33N5O3. The van der Waals surface area contributed by atoms with Crippen molar-refractivity contribution in [3.05, 3.63) is 38.9 Å². The Morgan fingerprint density at radius 1 is 1.24 bits per heavy atom. The van der Waals surface area contributed by atoms with Gasteiger partial charge in [0, 0.05) is 25.2 Å². The number of aromatic amines is 1. The summed E-state index contributed by atoms with van der Waals surface area (Å²) in [6.45, 7) is 7.53. The van der Waals surface area contributed by atoms with Gasteiger partial charge in [0.25, 0.3) is 5.56 Å². The fourth-order valence-electron chi connectivity index (χ4n) is 4.80. The van der Waals surface area contributed by atoms with Crippen LogP contribution in [0.3, 0.4) is 0 Å². The summed E-state index contributed by atoms with van der Waals surface area (Å²) < 4.78 is 0. The van der Waals surface area contributed by atoms with E-state index in [2.05, 4.69) is 44.7 Å². The van der Waals surface area contributed by atoms with Gasteiger partial charge in [-0.05, 0) is 56.2 Å². The van der Waals surface area contributed by atoms with Crippen LogP contribution < -0.4 is 26.6 Å². The first-order valence-electron chi connectivity index (χ1n) is 12.0. The Morgan fingerprint density at radius 2 is 2.00 bits per heavy atom. The van der Waals surface area contributed by atoms with Crippen LogP contribution in [0.25, 0.3) is 6.58 Å². The van der Waals surface area contributed by atoms with Gasteiger partial charge in [-0.25, -0.2) is 9.98 Å². The third-order valence-corrected chi connectivity index (χ3v) is 6.60. The van der Waals surface area contributed by atoms with Gasteiger partial charge in [-0.1, -0.05) is 32.3 Å². The Balaban J connectivity index is 1.60. The Morgan fingerprint density at radius 3 is 2.76 bits per heavy atom. The van der Waals surface area contributed by atoms with Crippen LogP contribution >= 0.6 is 0 Å². The number of rotatable bonds is 10. The van der Waals surface area contributed by atoms with Gasteiger partial charge < -0.3 is 20.3 Å². The van der Waals surface area contributed by atoms with Crippen LogP contribution in [0.2, 0.25) is 0 Å². The summed E-state index contributed by atoms with van der Waals surface area (Å²) in [6.07, 6.45) is 8.70. The zero-order valence-electron chi connectivity index (χ0n) is 19.3. The predicted molar refractivity (Wildman–Crippen MR) is 130 cm³/mol. The van der Waals surface area contributed by atoms with Gasteiger partial charge in [-0.15, -0.1) is 0 Å². The molecule has 176 valence electrons.